The van der Waals surface area contributed by atoms with Gasteiger partial charge in [-0.3, -0.25) is 9.48 Å². The van der Waals surface area contributed by atoms with Crippen LogP contribution >= 0.6 is 11.6 Å². The molecule has 4 heterocycles. The van der Waals surface area contributed by atoms with Crippen molar-refractivity contribution in [2.24, 2.45) is 0 Å². The normalized spacial score (nSPS) is 36.0. The van der Waals surface area contributed by atoms with E-state index in [1.807, 2.05) is 4.90 Å². The standard InChI is InChI=1S/C16H23ClN4O4/c1-9(22)20-4-2-11(3-5-20)19-13-12-8-24-16(25-12)14(15(13)23)21-7-10(17)6-18-21/h6-7,11-16,19,23H,2-5,8H2,1H3. The number of halogens is 1. The van der Waals surface area contributed by atoms with E-state index in [9.17, 15) is 9.90 Å². The minimum absolute atomic E-state index is 0.113. The van der Waals surface area contributed by atoms with Crippen LogP contribution in [0, 0.1) is 0 Å². The number of likely N-dealkylation sites (tertiary alicyclic amines) is 1. The number of fused-ring (bicyclic) bond motifs is 2. The van der Waals surface area contributed by atoms with E-state index in [1.54, 1.807) is 17.8 Å². The Labute approximate surface area is 151 Å². The molecular formula is C16H23ClN4O4. The van der Waals surface area contributed by atoms with Gasteiger partial charge in [-0.25, -0.2) is 0 Å². The molecule has 9 heteroatoms. The summed E-state index contributed by atoms with van der Waals surface area (Å²) in [6.07, 6.45) is 3.52. The number of nitrogens with zero attached hydrogens (tertiary/aromatic N) is 3. The highest BCUT2D eigenvalue weighted by molar-refractivity contribution is 6.30. The van der Waals surface area contributed by atoms with Crippen molar-refractivity contribution in [2.75, 3.05) is 19.7 Å². The fourth-order valence-corrected chi connectivity index (χ4v) is 4.14. The molecule has 3 saturated heterocycles. The molecule has 2 N–H and O–H groups in total. The first-order valence-electron chi connectivity index (χ1n) is 8.69. The van der Waals surface area contributed by atoms with E-state index in [1.165, 1.54) is 6.20 Å². The fourth-order valence-electron chi connectivity index (χ4n) is 4.00. The predicted molar refractivity (Wildman–Crippen MR) is 89.1 cm³/mol. The highest BCUT2D eigenvalue weighted by Crippen LogP contribution is 2.36. The van der Waals surface area contributed by atoms with Gasteiger partial charge in [0.15, 0.2) is 6.29 Å². The first-order valence-corrected chi connectivity index (χ1v) is 9.07. The second-order valence-electron chi connectivity index (χ2n) is 6.97. The van der Waals surface area contributed by atoms with Gasteiger partial charge in [-0.1, -0.05) is 11.6 Å². The zero-order chi connectivity index (χ0) is 17.6. The molecule has 1 aromatic heterocycles. The number of aliphatic hydroxyl groups is 1. The van der Waals surface area contributed by atoms with Crippen molar-refractivity contribution in [1.82, 2.24) is 20.0 Å². The minimum Gasteiger partial charge on any atom is -0.389 e. The maximum absolute atomic E-state index is 11.5. The van der Waals surface area contributed by atoms with Crippen LogP contribution in [-0.4, -0.2) is 76.0 Å². The number of rotatable bonds is 3. The number of carbonyl (C=O) groups excluding carboxylic acids is 1. The largest absolute Gasteiger partial charge is 0.389 e. The Morgan fingerprint density at radius 3 is 2.84 bits per heavy atom. The predicted octanol–water partition coefficient (Wildman–Crippen LogP) is 0.163. The summed E-state index contributed by atoms with van der Waals surface area (Å²) in [5, 5.41) is 19.2. The molecule has 2 bridgehead atoms. The van der Waals surface area contributed by atoms with Gasteiger partial charge in [0.1, 0.15) is 12.1 Å². The zero-order valence-corrected chi connectivity index (χ0v) is 14.8. The van der Waals surface area contributed by atoms with E-state index >= 15 is 0 Å². The molecule has 3 aliphatic rings. The summed E-state index contributed by atoms with van der Waals surface area (Å²) in [4.78, 5) is 13.3. The molecule has 0 saturated carbocycles. The minimum atomic E-state index is -0.701. The van der Waals surface area contributed by atoms with E-state index in [4.69, 9.17) is 21.1 Å². The summed E-state index contributed by atoms with van der Waals surface area (Å²) in [5.41, 5.74) is 0. The molecule has 0 spiro atoms. The van der Waals surface area contributed by atoms with Gasteiger partial charge in [0.2, 0.25) is 5.91 Å². The molecule has 1 aromatic rings. The zero-order valence-electron chi connectivity index (χ0n) is 14.0. The van der Waals surface area contributed by atoms with Crippen molar-refractivity contribution in [2.45, 2.75) is 56.4 Å². The monoisotopic (exact) mass is 370 g/mol. The van der Waals surface area contributed by atoms with Crippen LogP contribution in [0.25, 0.3) is 0 Å². The Balaban J connectivity index is 1.45. The Bertz CT molecular complexity index is 633. The van der Waals surface area contributed by atoms with Gasteiger partial charge in [0, 0.05) is 32.3 Å². The summed E-state index contributed by atoms with van der Waals surface area (Å²) >= 11 is 5.97. The number of amides is 1. The number of ether oxygens (including phenoxy) is 2. The topological polar surface area (TPSA) is 88.9 Å². The molecule has 5 atom stereocenters. The molecular weight excluding hydrogens is 348 g/mol. The van der Waals surface area contributed by atoms with Gasteiger partial charge in [0.25, 0.3) is 0 Å². The van der Waals surface area contributed by atoms with E-state index < -0.39 is 18.4 Å². The molecule has 0 radical (unpaired) electrons. The molecule has 3 aliphatic heterocycles. The second-order valence-corrected chi connectivity index (χ2v) is 7.41. The van der Waals surface area contributed by atoms with E-state index in [0.29, 0.717) is 11.6 Å². The number of hydrogen-bond donors (Lipinski definition) is 2. The van der Waals surface area contributed by atoms with E-state index in [2.05, 4.69) is 10.4 Å². The van der Waals surface area contributed by atoms with Crippen molar-refractivity contribution in [1.29, 1.82) is 0 Å². The van der Waals surface area contributed by atoms with Crippen LogP contribution in [0.2, 0.25) is 5.02 Å². The summed E-state index contributed by atoms with van der Waals surface area (Å²) in [6.45, 7) is 3.51. The lowest BCUT2D eigenvalue weighted by molar-refractivity contribution is -0.169. The van der Waals surface area contributed by atoms with Crippen molar-refractivity contribution in [3.63, 3.8) is 0 Å². The van der Waals surface area contributed by atoms with Gasteiger partial charge in [0.05, 0.1) is 30.0 Å². The summed E-state index contributed by atoms with van der Waals surface area (Å²) in [7, 11) is 0. The third kappa shape index (κ3) is 3.29. The number of nitrogens with one attached hydrogen (secondary N) is 1. The van der Waals surface area contributed by atoms with Gasteiger partial charge in [-0.05, 0) is 12.8 Å². The average molecular weight is 371 g/mol. The maximum atomic E-state index is 11.5. The Morgan fingerprint density at radius 2 is 2.20 bits per heavy atom. The molecule has 0 aromatic carbocycles. The molecule has 5 unspecified atom stereocenters. The third-order valence-electron chi connectivity index (χ3n) is 5.37. The third-order valence-corrected chi connectivity index (χ3v) is 5.57. The molecule has 4 rings (SSSR count). The maximum Gasteiger partial charge on any atom is 0.219 e. The van der Waals surface area contributed by atoms with Crippen LogP contribution in [0.4, 0.5) is 0 Å². The number of aromatic nitrogens is 2. The Kier molecular flexibility index (Phi) is 4.72. The van der Waals surface area contributed by atoms with Crippen LogP contribution in [0.3, 0.4) is 0 Å². The molecule has 8 nitrogen and oxygen atoms in total. The van der Waals surface area contributed by atoms with Gasteiger partial charge in [-0.2, -0.15) is 5.10 Å². The van der Waals surface area contributed by atoms with Crippen LogP contribution in [0.15, 0.2) is 12.4 Å². The smallest absolute Gasteiger partial charge is 0.219 e. The Hall–Kier alpha value is -1.19. The number of hydrogen-bond acceptors (Lipinski definition) is 6. The van der Waals surface area contributed by atoms with Crippen LogP contribution in [0.5, 0.6) is 0 Å². The van der Waals surface area contributed by atoms with Crippen LogP contribution < -0.4 is 5.32 Å². The molecule has 3 fully saturated rings. The summed E-state index contributed by atoms with van der Waals surface area (Å²) in [6, 6.07) is -0.459. The van der Waals surface area contributed by atoms with E-state index in [-0.39, 0.29) is 24.1 Å². The quantitative estimate of drug-likeness (QED) is 0.788. The van der Waals surface area contributed by atoms with Crippen molar-refractivity contribution >= 4 is 17.5 Å². The lowest BCUT2D eigenvalue weighted by Gasteiger charge is -2.41. The fraction of sp³-hybridized carbons (Fsp3) is 0.750. The number of piperidine rings is 1. The first kappa shape index (κ1) is 17.2. The SMILES string of the molecule is CC(=O)N1CCC(NC2C3COC(O3)C(n3cc(Cl)cn3)C2O)CC1. The first-order chi connectivity index (χ1) is 12.0. The van der Waals surface area contributed by atoms with E-state index in [0.717, 1.165) is 25.9 Å². The summed E-state index contributed by atoms with van der Waals surface area (Å²) < 4.78 is 13.3. The average Bonchev–Trinajstić information content (AvgIpc) is 3.20. The van der Waals surface area contributed by atoms with Gasteiger partial charge >= 0.3 is 0 Å². The highest BCUT2D eigenvalue weighted by Gasteiger charge is 2.51. The van der Waals surface area contributed by atoms with Gasteiger partial charge in [-0.15, -0.1) is 0 Å². The lowest BCUT2D eigenvalue weighted by atomic mass is 9.93. The number of carbonyl (C=O) groups is 1. The molecule has 25 heavy (non-hydrogen) atoms. The Morgan fingerprint density at radius 1 is 1.44 bits per heavy atom. The van der Waals surface area contributed by atoms with Crippen LogP contribution in [0.1, 0.15) is 25.8 Å². The van der Waals surface area contributed by atoms with Crippen molar-refractivity contribution in [3.8, 4) is 0 Å². The van der Waals surface area contributed by atoms with Crippen molar-refractivity contribution < 1.29 is 19.4 Å². The molecule has 138 valence electrons. The number of aliphatic hydroxyl groups excluding tert-OH is 1. The lowest BCUT2D eigenvalue weighted by Crippen LogP contribution is -2.61. The molecule has 1 amide bonds. The second kappa shape index (κ2) is 6.85. The molecule has 0 aliphatic carbocycles. The highest BCUT2D eigenvalue weighted by atomic mass is 35.5. The summed E-state index contributed by atoms with van der Waals surface area (Å²) in [5.74, 6) is 0.113. The van der Waals surface area contributed by atoms with Crippen molar-refractivity contribution in [3.05, 3.63) is 17.4 Å². The van der Waals surface area contributed by atoms with Gasteiger partial charge < -0.3 is 24.8 Å². The van der Waals surface area contributed by atoms with Crippen LogP contribution in [-0.2, 0) is 14.3 Å².